The van der Waals surface area contributed by atoms with Crippen molar-refractivity contribution in [3.8, 4) is 5.75 Å². The van der Waals surface area contributed by atoms with Crippen LogP contribution in [0.3, 0.4) is 0 Å². The normalized spacial score (nSPS) is 13.0. The Morgan fingerprint density at radius 2 is 1.46 bits per heavy atom. The van der Waals surface area contributed by atoms with Crippen LogP contribution in [0, 0.1) is 20.8 Å². The van der Waals surface area contributed by atoms with Gasteiger partial charge in [-0.2, -0.15) is 0 Å². The van der Waals surface area contributed by atoms with Crippen LogP contribution in [0.5, 0.6) is 5.75 Å². The van der Waals surface area contributed by atoms with Gasteiger partial charge in [-0.1, -0.05) is 48.5 Å². The lowest BCUT2D eigenvalue weighted by molar-refractivity contribution is -0.125. The number of carbonyl (C=O) groups excluding carboxylic acids is 4. The second-order valence-electron chi connectivity index (χ2n) is 9.89. The number of fused-ring (bicyclic) bond motifs is 1. The second-order valence-corrected chi connectivity index (χ2v) is 9.89. The van der Waals surface area contributed by atoms with Gasteiger partial charge < -0.3 is 14.8 Å². The fraction of sp³-hybridized carbons (Fsp3) is 0.152. The molecule has 41 heavy (non-hydrogen) atoms. The summed E-state index contributed by atoms with van der Waals surface area (Å²) in [6.07, 6.45) is -1.30. The Balaban J connectivity index is 1.43. The van der Waals surface area contributed by atoms with Gasteiger partial charge in [-0.3, -0.25) is 14.4 Å². The quantitative estimate of drug-likeness (QED) is 0.226. The first-order valence-corrected chi connectivity index (χ1v) is 13.0. The van der Waals surface area contributed by atoms with Gasteiger partial charge in [0.2, 0.25) is 6.10 Å². The molecule has 1 atom stereocenters. The molecule has 0 aliphatic carbocycles. The zero-order valence-corrected chi connectivity index (χ0v) is 23.1. The Kier molecular flexibility index (Phi) is 7.40. The van der Waals surface area contributed by atoms with Gasteiger partial charge in [-0.25, -0.2) is 9.69 Å². The third-order valence-corrected chi connectivity index (χ3v) is 6.91. The molecule has 3 amide bonds. The molecule has 0 bridgehead atoms. The summed E-state index contributed by atoms with van der Waals surface area (Å²) in [6.45, 7) is 5.58. The molecule has 0 saturated heterocycles. The number of benzene rings is 4. The molecule has 0 fully saturated rings. The van der Waals surface area contributed by atoms with E-state index in [1.54, 1.807) is 48.5 Å². The molecule has 0 spiro atoms. The molecule has 5 rings (SSSR count). The highest BCUT2D eigenvalue weighted by Gasteiger charge is 2.38. The Morgan fingerprint density at radius 3 is 2.20 bits per heavy atom. The first-order chi connectivity index (χ1) is 19.7. The maximum absolute atomic E-state index is 13.5. The number of hydrogen-bond donors (Lipinski definition) is 1. The number of amides is 3. The van der Waals surface area contributed by atoms with Crippen LogP contribution in [0.2, 0.25) is 0 Å². The van der Waals surface area contributed by atoms with Gasteiger partial charge in [0.1, 0.15) is 5.75 Å². The first-order valence-electron chi connectivity index (χ1n) is 13.0. The summed E-state index contributed by atoms with van der Waals surface area (Å²) in [5.41, 5.74) is 4.28. The number of rotatable bonds is 7. The van der Waals surface area contributed by atoms with Crippen LogP contribution < -0.4 is 15.0 Å². The standard InChI is InChI=1S/C33H28N2O6/c1-19-11-15-28(40-4)26(16-19)34-30(36)29(22-8-6-5-7-9-22)41-33(39)23-13-14-24-25(18-23)32(38)35(31(24)37)27-17-20(2)10-12-21(27)3/h5-18,29H,1-4H3,(H,34,36). The highest BCUT2D eigenvalue weighted by molar-refractivity contribution is 6.35. The van der Waals surface area contributed by atoms with E-state index in [2.05, 4.69) is 5.32 Å². The van der Waals surface area contributed by atoms with Gasteiger partial charge in [0, 0.05) is 5.56 Å². The summed E-state index contributed by atoms with van der Waals surface area (Å²) in [5, 5.41) is 2.80. The number of carbonyl (C=O) groups is 4. The van der Waals surface area contributed by atoms with E-state index in [-0.39, 0.29) is 16.7 Å². The van der Waals surface area contributed by atoms with Crippen LogP contribution in [0.1, 0.15) is 59.4 Å². The Hall–Kier alpha value is -5.24. The number of ether oxygens (including phenoxy) is 2. The van der Waals surface area contributed by atoms with Crippen molar-refractivity contribution in [3.05, 3.63) is 124 Å². The summed E-state index contributed by atoms with van der Waals surface area (Å²) < 4.78 is 11.1. The predicted molar refractivity (Wildman–Crippen MR) is 154 cm³/mol. The van der Waals surface area contributed by atoms with E-state index < -0.39 is 29.8 Å². The molecule has 206 valence electrons. The molecule has 4 aromatic rings. The molecule has 1 aliphatic rings. The molecule has 1 aliphatic heterocycles. The average molecular weight is 549 g/mol. The fourth-order valence-electron chi connectivity index (χ4n) is 4.74. The molecular formula is C33H28N2O6. The van der Waals surface area contributed by atoms with Crippen molar-refractivity contribution >= 4 is 35.1 Å². The number of imide groups is 1. The smallest absolute Gasteiger partial charge is 0.339 e. The molecule has 0 aromatic heterocycles. The number of hydrogen-bond acceptors (Lipinski definition) is 6. The third-order valence-electron chi connectivity index (χ3n) is 6.91. The van der Waals surface area contributed by atoms with Crippen LogP contribution in [-0.4, -0.2) is 30.8 Å². The van der Waals surface area contributed by atoms with E-state index in [4.69, 9.17) is 9.47 Å². The summed E-state index contributed by atoms with van der Waals surface area (Å²) >= 11 is 0. The molecule has 4 aromatic carbocycles. The van der Waals surface area contributed by atoms with Crippen LogP contribution in [0.4, 0.5) is 11.4 Å². The van der Waals surface area contributed by atoms with E-state index in [0.29, 0.717) is 22.7 Å². The van der Waals surface area contributed by atoms with Crippen molar-refractivity contribution in [1.82, 2.24) is 0 Å². The van der Waals surface area contributed by atoms with Gasteiger partial charge in [0.25, 0.3) is 17.7 Å². The predicted octanol–water partition coefficient (Wildman–Crippen LogP) is 5.96. The molecule has 8 heteroatoms. The summed E-state index contributed by atoms with van der Waals surface area (Å²) in [5.74, 6) is -1.94. The number of nitrogens with one attached hydrogen (secondary N) is 1. The lowest BCUT2D eigenvalue weighted by Crippen LogP contribution is -2.30. The van der Waals surface area contributed by atoms with Crippen molar-refractivity contribution in [3.63, 3.8) is 0 Å². The van der Waals surface area contributed by atoms with E-state index in [1.807, 2.05) is 39.0 Å². The minimum absolute atomic E-state index is 0.0366. The molecular weight excluding hydrogens is 520 g/mol. The molecule has 1 unspecified atom stereocenters. The molecule has 1 heterocycles. The minimum atomic E-state index is -1.30. The molecule has 8 nitrogen and oxygen atoms in total. The maximum Gasteiger partial charge on any atom is 0.339 e. The van der Waals surface area contributed by atoms with Crippen LogP contribution in [0.15, 0.2) is 84.9 Å². The third kappa shape index (κ3) is 5.32. The maximum atomic E-state index is 13.5. The summed E-state index contributed by atoms with van der Waals surface area (Å²) in [4.78, 5) is 54.5. The Labute approximate surface area is 237 Å². The number of aryl methyl sites for hydroxylation is 3. The van der Waals surface area contributed by atoms with Gasteiger partial charge >= 0.3 is 5.97 Å². The number of anilines is 2. The van der Waals surface area contributed by atoms with Gasteiger partial charge in [-0.05, 0) is 73.9 Å². The largest absolute Gasteiger partial charge is 0.495 e. The molecule has 1 N–H and O–H groups in total. The Morgan fingerprint density at radius 1 is 0.780 bits per heavy atom. The highest BCUT2D eigenvalue weighted by Crippen LogP contribution is 2.33. The van der Waals surface area contributed by atoms with Gasteiger partial charge in [-0.15, -0.1) is 0 Å². The number of esters is 1. The van der Waals surface area contributed by atoms with Crippen LogP contribution >= 0.6 is 0 Å². The van der Waals surface area contributed by atoms with Crippen LogP contribution in [-0.2, 0) is 9.53 Å². The summed E-state index contributed by atoms with van der Waals surface area (Å²) in [7, 11) is 1.50. The van der Waals surface area contributed by atoms with Crippen molar-refractivity contribution in [2.75, 3.05) is 17.3 Å². The van der Waals surface area contributed by atoms with E-state index in [9.17, 15) is 19.2 Å². The van der Waals surface area contributed by atoms with Crippen molar-refractivity contribution < 1.29 is 28.7 Å². The van der Waals surface area contributed by atoms with Crippen molar-refractivity contribution in [2.45, 2.75) is 26.9 Å². The average Bonchev–Trinajstić information content (AvgIpc) is 3.22. The van der Waals surface area contributed by atoms with E-state index in [1.165, 1.54) is 25.3 Å². The van der Waals surface area contributed by atoms with Gasteiger partial charge in [0.15, 0.2) is 0 Å². The Bertz CT molecular complexity index is 1700. The highest BCUT2D eigenvalue weighted by atomic mass is 16.5. The van der Waals surface area contributed by atoms with E-state index in [0.717, 1.165) is 21.6 Å². The van der Waals surface area contributed by atoms with Crippen molar-refractivity contribution in [1.29, 1.82) is 0 Å². The fourth-order valence-corrected chi connectivity index (χ4v) is 4.74. The zero-order chi connectivity index (χ0) is 29.3. The van der Waals surface area contributed by atoms with Gasteiger partial charge in [0.05, 0.1) is 35.2 Å². The number of methoxy groups -OCH3 is 1. The SMILES string of the molecule is COc1ccc(C)cc1NC(=O)C(OC(=O)c1ccc2c(c1)C(=O)N(c1cc(C)ccc1C)C2=O)c1ccccc1. The van der Waals surface area contributed by atoms with Crippen molar-refractivity contribution in [2.24, 2.45) is 0 Å². The molecule has 0 saturated carbocycles. The lowest BCUT2D eigenvalue weighted by Gasteiger charge is -2.19. The zero-order valence-electron chi connectivity index (χ0n) is 23.1. The lowest BCUT2D eigenvalue weighted by atomic mass is 10.1. The first kappa shape index (κ1) is 27.3. The minimum Gasteiger partial charge on any atom is -0.495 e. The molecule has 0 radical (unpaired) electrons. The second kappa shape index (κ2) is 11.1. The topological polar surface area (TPSA) is 102 Å². The number of nitrogens with zero attached hydrogens (tertiary/aromatic N) is 1. The summed E-state index contributed by atoms with van der Waals surface area (Å²) in [6, 6.07) is 23.7. The van der Waals surface area contributed by atoms with E-state index >= 15 is 0 Å². The van der Waals surface area contributed by atoms with Crippen LogP contribution in [0.25, 0.3) is 0 Å². The monoisotopic (exact) mass is 548 g/mol.